The van der Waals surface area contributed by atoms with Gasteiger partial charge in [-0.2, -0.15) is 5.10 Å². The number of cyclic esters (lactones) is 1. The van der Waals surface area contributed by atoms with E-state index in [0.29, 0.717) is 13.2 Å². The van der Waals surface area contributed by atoms with E-state index in [2.05, 4.69) is 24.0 Å². The van der Waals surface area contributed by atoms with Crippen LogP contribution < -0.4 is 0 Å². The second kappa shape index (κ2) is 5.24. The molecule has 0 spiro atoms. The predicted octanol–water partition coefficient (Wildman–Crippen LogP) is 3.99. The summed E-state index contributed by atoms with van der Waals surface area (Å²) in [5.74, 6) is -1.18. The highest BCUT2D eigenvalue weighted by Gasteiger charge is 2.68. The molecule has 2 heterocycles. The average molecular weight is 371 g/mol. The molecule has 27 heavy (non-hydrogen) atoms. The van der Waals surface area contributed by atoms with Crippen LogP contribution in [0.25, 0.3) is 11.3 Å². The molecule has 1 saturated carbocycles. The number of aromatic nitrogens is 2. The number of ether oxygens (including phenoxy) is 1. The van der Waals surface area contributed by atoms with E-state index in [-0.39, 0.29) is 28.7 Å². The molecule has 1 amide bonds. The number of hydrogen-bond donors (Lipinski definition) is 0. The summed E-state index contributed by atoms with van der Waals surface area (Å²) in [6.07, 6.45) is 1.34. The van der Waals surface area contributed by atoms with Crippen molar-refractivity contribution in [2.24, 2.45) is 5.41 Å². The second-order valence-electron chi connectivity index (χ2n) is 8.07. The predicted molar refractivity (Wildman–Crippen MR) is 92.9 cm³/mol. The van der Waals surface area contributed by atoms with Crippen molar-refractivity contribution in [3.8, 4) is 11.3 Å². The van der Waals surface area contributed by atoms with Crippen molar-refractivity contribution in [1.82, 2.24) is 15.1 Å². The maximum atomic E-state index is 14.2. The monoisotopic (exact) mass is 371 g/mol. The van der Waals surface area contributed by atoms with Gasteiger partial charge in [-0.05, 0) is 42.5 Å². The van der Waals surface area contributed by atoms with Gasteiger partial charge in [0.2, 0.25) is 0 Å². The van der Waals surface area contributed by atoms with Crippen molar-refractivity contribution in [3.05, 3.63) is 47.2 Å². The molecule has 5 rings (SSSR count). The molecule has 1 saturated heterocycles. The first kappa shape index (κ1) is 16.6. The summed E-state index contributed by atoms with van der Waals surface area (Å²) in [6.45, 7) is 5.13. The van der Waals surface area contributed by atoms with Gasteiger partial charge >= 0.3 is 6.09 Å². The van der Waals surface area contributed by atoms with E-state index in [0.717, 1.165) is 24.1 Å². The summed E-state index contributed by atoms with van der Waals surface area (Å²) in [4.78, 5) is 14.2. The van der Waals surface area contributed by atoms with Crippen molar-refractivity contribution in [2.75, 3.05) is 13.2 Å². The first-order valence-corrected chi connectivity index (χ1v) is 9.15. The van der Waals surface area contributed by atoms with Crippen molar-refractivity contribution in [2.45, 2.75) is 38.1 Å². The van der Waals surface area contributed by atoms with Crippen LogP contribution in [0.4, 0.5) is 13.6 Å². The molecule has 2 aliphatic carbocycles. The first-order chi connectivity index (χ1) is 12.9. The van der Waals surface area contributed by atoms with Crippen LogP contribution in [0.15, 0.2) is 24.3 Å². The Bertz CT molecular complexity index is 957. The van der Waals surface area contributed by atoms with Crippen LogP contribution in [0.3, 0.4) is 0 Å². The molecule has 140 valence electrons. The third-order valence-electron chi connectivity index (χ3n) is 6.76. The highest BCUT2D eigenvalue weighted by atomic mass is 19.1. The van der Waals surface area contributed by atoms with Crippen LogP contribution in [-0.2, 0) is 10.3 Å². The molecule has 1 aliphatic heterocycles. The van der Waals surface area contributed by atoms with Gasteiger partial charge in [0.25, 0.3) is 0 Å². The lowest BCUT2D eigenvalue weighted by atomic mass is 9.74. The number of nitrogens with zero attached hydrogens (tertiary/aromatic N) is 3. The third-order valence-corrected chi connectivity index (χ3v) is 6.76. The highest BCUT2D eigenvalue weighted by molar-refractivity contribution is 5.72. The fourth-order valence-corrected chi connectivity index (χ4v) is 5.50. The molecule has 1 aromatic heterocycles. The molecule has 5 nitrogen and oxygen atoms in total. The van der Waals surface area contributed by atoms with Crippen molar-refractivity contribution < 1.29 is 18.3 Å². The molecule has 0 unspecified atom stereocenters. The lowest BCUT2D eigenvalue weighted by Crippen LogP contribution is -2.52. The Kier molecular flexibility index (Phi) is 3.22. The summed E-state index contributed by atoms with van der Waals surface area (Å²) in [5, 5.41) is 8.57. The van der Waals surface area contributed by atoms with Crippen molar-refractivity contribution in [1.29, 1.82) is 0 Å². The number of amides is 1. The summed E-state index contributed by atoms with van der Waals surface area (Å²) >= 11 is 0. The van der Waals surface area contributed by atoms with Crippen LogP contribution in [0.1, 0.15) is 43.9 Å². The number of carbonyl (C=O) groups excluding carboxylic acids is 1. The van der Waals surface area contributed by atoms with E-state index in [1.54, 1.807) is 11.0 Å². The molecule has 2 bridgehead atoms. The van der Waals surface area contributed by atoms with E-state index in [1.807, 2.05) is 0 Å². The third kappa shape index (κ3) is 1.89. The van der Waals surface area contributed by atoms with Gasteiger partial charge in [0, 0.05) is 5.41 Å². The van der Waals surface area contributed by atoms with Crippen LogP contribution in [0, 0.1) is 17.0 Å². The largest absolute Gasteiger partial charge is 0.448 e. The molecule has 7 heteroatoms. The lowest BCUT2D eigenvalue weighted by Gasteiger charge is -2.43. The fourth-order valence-electron chi connectivity index (χ4n) is 5.50. The molecule has 2 aromatic rings. The van der Waals surface area contributed by atoms with E-state index < -0.39 is 17.2 Å². The maximum Gasteiger partial charge on any atom is 0.410 e. The van der Waals surface area contributed by atoms with Gasteiger partial charge < -0.3 is 4.74 Å². The first-order valence-electron chi connectivity index (χ1n) is 9.15. The Morgan fingerprint density at radius 3 is 2.63 bits per heavy atom. The van der Waals surface area contributed by atoms with Crippen LogP contribution in [0.2, 0.25) is 0 Å². The minimum Gasteiger partial charge on any atom is -0.448 e. The van der Waals surface area contributed by atoms with E-state index in [1.165, 1.54) is 18.2 Å². The number of fused-ring (bicyclic) bond motifs is 5. The SMILES string of the molecule is CC1(C)[C@H]2CC[C@]1(N1CCOC1=O)c1nnc(-c3c(F)cccc3F)cc12. The van der Waals surface area contributed by atoms with Crippen molar-refractivity contribution in [3.63, 3.8) is 0 Å². The van der Waals surface area contributed by atoms with Gasteiger partial charge in [0.05, 0.1) is 29.0 Å². The summed E-state index contributed by atoms with van der Waals surface area (Å²) in [5.41, 5.74) is 0.844. The van der Waals surface area contributed by atoms with Crippen LogP contribution in [0.5, 0.6) is 0 Å². The Hall–Kier alpha value is -2.57. The molecule has 2 fully saturated rings. The molecule has 0 N–H and O–H groups in total. The fraction of sp³-hybridized carbons (Fsp3) is 0.450. The summed E-state index contributed by atoms with van der Waals surface area (Å²) < 4.78 is 33.6. The van der Waals surface area contributed by atoms with Gasteiger partial charge in [-0.1, -0.05) is 19.9 Å². The topological polar surface area (TPSA) is 55.3 Å². The van der Waals surface area contributed by atoms with Gasteiger partial charge in [0.15, 0.2) is 0 Å². The number of hydrogen-bond acceptors (Lipinski definition) is 4. The zero-order valence-electron chi connectivity index (χ0n) is 15.1. The van der Waals surface area contributed by atoms with E-state index >= 15 is 0 Å². The smallest absolute Gasteiger partial charge is 0.410 e. The van der Waals surface area contributed by atoms with Crippen LogP contribution >= 0.6 is 0 Å². The zero-order valence-corrected chi connectivity index (χ0v) is 15.1. The minimum absolute atomic E-state index is 0.144. The Labute approximate surface area is 155 Å². The van der Waals surface area contributed by atoms with Crippen molar-refractivity contribution >= 4 is 6.09 Å². The summed E-state index contributed by atoms with van der Waals surface area (Å²) in [6, 6.07) is 5.50. The average Bonchev–Trinajstić information content (AvgIpc) is 3.22. The number of halogens is 2. The highest BCUT2D eigenvalue weighted by Crippen LogP contribution is 2.68. The number of benzene rings is 1. The second-order valence-corrected chi connectivity index (χ2v) is 8.07. The Balaban J connectivity index is 1.70. The van der Waals surface area contributed by atoms with Gasteiger partial charge in [-0.15, -0.1) is 5.10 Å². The van der Waals surface area contributed by atoms with E-state index in [9.17, 15) is 13.6 Å². The minimum atomic E-state index is -0.662. The standard InChI is InChI=1S/C20H19F2N3O2/c1-19(2)12-6-7-20(19,25-8-9-27-18(25)26)17-11(12)10-15(23-24-17)16-13(21)4-3-5-14(16)22/h3-5,10,12H,6-9H2,1-2H3/t12-,20-/m0/s1. The van der Waals surface area contributed by atoms with E-state index in [4.69, 9.17) is 4.74 Å². The van der Waals surface area contributed by atoms with Gasteiger partial charge in [-0.3, -0.25) is 4.90 Å². The number of carbonyl (C=O) groups is 1. The molecule has 3 aliphatic rings. The molecule has 2 atom stereocenters. The molecular formula is C20H19F2N3O2. The van der Waals surface area contributed by atoms with Gasteiger partial charge in [-0.25, -0.2) is 13.6 Å². The molecule has 1 aromatic carbocycles. The lowest BCUT2D eigenvalue weighted by molar-refractivity contribution is 0.0418. The van der Waals surface area contributed by atoms with Crippen LogP contribution in [-0.4, -0.2) is 34.3 Å². The molecular weight excluding hydrogens is 352 g/mol. The Morgan fingerprint density at radius 2 is 1.96 bits per heavy atom. The van der Waals surface area contributed by atoms with Gasteiger partial charge in [0.1, 0.15) is 18.2 Å². The summed E-state index contributed by atoms with van der Waals surface area (Å²) in [7, 11) is 0. The zero-order chi connectivity index (χ0) is 19.0. The maximum absolute atomic E-state index is 14.2. The normalized spacial score (nSPS) is 27.8. The Morgan fingerprint density at radius 1 is 1.22 bits per heavy atom. The molecule has 0 radical (unpaired) electrons. The quantitative estimate of drug-likeness (QED) is 0.801. The number of rotatable bonds is 2.